The molecule has 0 spiro atoms. The maximum atomic E-state index is 9.43. The predicted molar refractivity (Wildman–Crippen MR) is 81.3 cm³/mol. The van der Waals surface area contributed by atoms with Crippen LogP contribution in [0.5, 0.6) is 0 Å². The summed E-state index contributed by atoms with van der Waals surface area (Å²) in [6.45, 7) is 12.4. The topological polar surface area (TPSA) is 36.3 Å². The molecule has 19 heavy (non-hydrogen) atoms. The first-order valence-corrected chi connectivity index (χ1v) is 7.09. The van der Waals surface area contributed by atoms with Gasteiger partial charge >= 0.3 is 7.05 Å². The van der Waals surface area contributed by atoms with Gasteiger partial charge in [0.2, 0.25) is 0 Å². The van der Waals surface area contributed by atoms with Gasteiger partial charge in [0.15, 0.2) is 0 Å². The van der Waals surface area contributed by atoms with Crippen LogP contribution in [0.1, 0.15) is 60.8 Å². The average Bonchev–Trinajstić information content (AvgIpc) is 2.27. The molecule has 1 unspecified atom stereocenters. The zero-order valence-electron chi connectivity index (χ0n) is 13.2. The Labute approximate surface area is 119 Å². The Morgan fingerprint density at radius 1 is 1.32 bits per heavy atom. The van der Waals surface area contributed by atoms with Crippen LogP contribution in [-0.4, -0.2) is 29.5 Å². The molecule has 0 rings (SSSR count). The van der Waals surface area contributed by atoms with E-state index in [4.69, 9.17) is 11.1 Å². The Morgan fingerprint density at radius 2 is 1.84 bits per heavy atom. The molecule has 0 heterocycles. The molecule has 0 saturated heterocycles. The molecule has 4 heteroatoms. The predicted octanol–water partition coefficient (Wildman–Crippen LogP) is 3.25. The average molecular weight is 262 g/mol. The second-order valence-electron chi connectivity index (χ2n) is 5.81. The van der Waals surface area contributed by atoms with Crippen LogP contribution >= 0.6 is 0 Å². The number of hydrogen-bond acceptors (Lipinski definition) is 3. The van der Waals surface area contributed by atoms with E-state index in [0.717, 1.165) is 12.8 Å². The van der Waals surface area contributed by atoms with Gasteiger partial charge in [-0.05, 0) is 25.4 Å². The Bertz CT molecular complexity index is 335. The number of terminal acetylenes is 1. The normalized spacial score (nSPS) is 14.3. The van der Waals surface area contributed by atoms with Crippen molar-refractivity contribution < 1.29 is 4.65 Å². The lowest BCUT2D eigenvalue weighted by molar-refractivity contribution is 0.0610. The molecule has 0 bridgehead atoms. The van der Waals surface area contributed by atoms with Gasteiger partial charge in [0.05, 0.1) is 11.6 Å². The third-order valence-electron chi connectivity index (χ3n) is 3.22. The molecule has 106 valence electrons. The summed E-state index contributed by atoms with van der Waals surface area (Å²) in [6.07, 6.45) is 7.81. The first kappa shape index (κ1) is 18.0. The molecule has 0 aliphatic heterocycles. The lowest BCUT2D eigenvalue weighted by Gasteiger charge is -2.37. The summed E-state index contributed by atoms with van der Waals surface area (Å²) in [6, 6.07) is 0.503. The molecule has 0 aliphatic rings. The molecular weight excluding hydrogens is 235 g/mol. The van der Waals surface area contributed by atoms with Gasteiger partial charge in [-0.25, -0.2) is 5.26 Å². The van der Waals surface area contributed by atoms with Crippen LogP contribution in [0.2, 0.25) is 0 Å². The zero-order chi connectivity index (χ0) is 15.1. The highest BCUT2D eigenvalue weighted by atomic mass is 16.5. The van der Waals surface area contributed by atoms with Gasteiger partial charge < -0.3 is 4.65 Å². The summed E-state index contributed by atoms with van der Waals surface area (Å²) in [5.41, 5.74) is -0.425. The molecule has 0 radical (unpaired) electrons. The monoisotopic (exact) mass is 262 g/mol. The minimum absolute atomic E-state index is 0.251. The van der Waals surface area contributed by atoms with Crippen LogP contribution in [0.25, 0.3) is 0 Å². The van der Waals surface area contributed by atoms with Crippen LogP contribution in [0.4, 0.5) is 0 Å². The van der Waals surface area contributed by atoms with Gasteiger partial charge in [0, 0.05) is 6.42 Å². The van der Waals surface area contributed by atoms with E-state index >= 15 is 0 Å². The summed E-state index contributed by atoms with van der Waals surface area (Å²) in [4.78, 5) is 2.07. The minimum atomic E-state index is -0.551. The Morgan fingerprint density at radius 3 is 2.16 bits per heavy atom. The highest BCUT2D eigenvalue weighted by molar-refractivity contribution is 6.57. The van der Waals surface area contributed by atoms with Crippen LogP contribution in [-0.2, 0) is 4.65 Å². The van der Waals surface area contributed by atoms with E-state index in [1.165, 1.54) is 0 Å². The van der Waals surface area contributed by atoms with E-state index in [-0.39, 0.29) is 12.1 Å². The maximum absolute atomic E-state index is 9.43. The molecule has 0 aromatic rings. The smallest absolute Gasteiger partial charge is 0.403 e. The Balaban J connectivity index is 5.05. The van der Waals surface area contributed by atoms with Gasteiger partial charge in [-0.2, -0.15) is 0 Å². The molecule has 0 amide bonds. The van der Waals surface area contributed by atoms with Crippen molar-refractivity contribution in [2.24, 2.45) is 0 Å². The molecule has 1 atom stereocenters. The largest absolute Gasteiger partial charge is 0.504 e. The zero-order valence-corrected chi connectivity index (χ0v) is 13.2. The third-order valence-corrected chi connectivity index (χ3v) is 3.22. The van der Waals surface area contributed by atoms with E-state index in [9.17, 15) is 5.26 Å². The molecule has 0 saturated carbocycles. The Kier molecular flexibility index (Phi) is 7.84. The van der Waals surface area contributed by atoms with E-state index < -0.39 is 12.7 Å². The lowest BCUT2D eigenvalue weighted by Crippen LogP contribution is -2.53. The van der Waals surface area contributed by atoms with Crippen LogP contribution in [0, 0.1) is 23.6 Å². The number of nitriles is 1. The fourth-order valence-electron chi connectivity index (χ4n) is 2.49. The lowest BCUT2D eigenvalue weighted by atomic mass is 9.77. The highest BCUT2D eigenvalue weighted by Crippen LogP contribution is 2.24. The van der Waals surface area contributed by atoms with E-state index in [1.54, 1.807) is 0 Å². The third kappa shape index (κ3) is 5.68. The summed E-state index contributed by atoms with van der Waals surface area (Å²) in [7, 11) is -0.551. The minimum Gasteiger partial charge on any atom is -0.403 e. The van der Waals surface area contributed by atoms with Gasteiger partial charge in [-0.15, -0.1) is 12.3 Å². The maximum Gasteiger partial charge on any atom is 0.504 e. The molecular formula is C15H27BN2O. The second-order valence-corrected chi connectivity index (χ2v) is 5.81. The first-order chi connectivity index (χ1) is 8.81. The quantitative estimate of drug-likeness (QED) is 0.497. The SMILES string of the molecule is C#CCC(C)(CCC)OB(C#N)N(C(C)C)C(C)C. The van der Waals surface area contributed by atoms with Crippen molar-refractivity contribution in [1.29, 1.82) is 5.26 Å². The summed E-state index contributed by atoms with van der Waals surface area (Å²) in [5, 5.41) is 9.43. The van der Waals surface area contributed by atoms with Crippen molar-refractivity contribution in [3.05, 3.63) is 0 Å². The van der Waals surface area contributed by atoms with Crippen molar-refractivity contribution in [1.82, 2.24) is 4.81 Å². The van der Waals surface area contributed by atoms with Gasteiger partial charge in [0.1, 0.15) is 0 Å². The number of hydrogen-bond donors (Lipinski definition) is 0. The van der Waals surface area contributed by atoms with Crippen molar-refractivity contribution >= 4 is 7.05 Å². The highest BCUT2D eigenvalue weighted by Gasteiger charge is 2.37. The van der Waals surface area contributed by atoms with Gasteiger partial charge in [-0.1, -0.05) is 41.0 Å². The van der Waals surface area contributed by atoms with Crippen molar-refractivity contribution in [2.75, 3.05) is 0 Å². The molecule has 0 fully saturated rings. The van der Waals surface area contributed by atoms with E-state index in [2.05, 4.69) is 51.3 Å². The molecule has 0 N–H and O–H groups in total. The van der Waals surface area contributed by atoms with Crippen molar-refractivity contribution in [2.45, 2.75) is 78.5 Å². The summed E-state index contributed by atoms with van der Waals surface area (Å²) < 4.78 is 6.08. The molecule has 3 nitrogen and oxygen atoms in total. The van der Waals surface area contributed by atoms with Crippen molar-refractivity contribution in [3.63, 3.8) is 0 Å². The van der Waals surface area contributed by atoms with Crippen molar-refractivity contribution in [3.8, 4) is 18.3 Å². The van der Waals surface area contributed by atoms with Crippen LogP contribution < -0.4 is 0 Å². The van der Waals surface area contributed by atoms with E-state index in [1.807, 2.05) is 6.92 Å². The van der Waals surface area contributed by atoms with Gasteiger partial charge in [0.25, 0.3) is 0 Å². The van der Waals surface area contributed by atoms with Gasteiger partial charge in [-0.3, -0.25) is 4.81 Å². The summed E-state index contributed by atoms with van der Waals surface area (Å²) >= 11 is 0. The van der Waals surface area contributed by atoms with Crippen LogP contribution in [0.3, 0.4) is 0 Å². The molecule has 0 aromatic heterocycles. The fourth-order valence-corrected chi connectivity index (χ4v) is 2.49. The number of nitrogens with zero attached hydrogens (tertiary/aromatic N) is 2. The summed E-state index contributed by atoms with van der Waals surface area (Å²) in [5.74, 6) is 4.94. The van der Waals surface area contributed by atoms with Crippen LogP contribution in [0.15, 0.2) is 0 Å². The molecule has 0 aromatic carbocycles. The second kappa shape index (κ2) is 8.25. The standard InChI is InChI=1S/C15H27BN2O/c1-8-10-15(7,11-9-2)19-16(12-17)18(13(3)4)14(5)6/h1,13-14H,9-11H2,2-7H3. The fraction of sp³-hybridized carbons (Fsp3) is 0.800. The van der Waals surface area contributed by atoms with E-state index in [0.29, 0.717) is 6.42 Å². The first-order valence-electron chi connectivity index (χ1n) is 7.09. The molecule has 0 aliphatic carbocycles. The Hall–Kier alpha value is -0.965. The number of rotatable bonds is 8.